The van der Waals surface area contributed by atoms with Gasteiger partial charge in [0.25, 0.3) is 11.5 Å². The first kappa shape index (κ1) is 14.8. The molecule has 6 heteroatoms. The van der Waals surface area contributed by atoms with Crippen molar-refractivity contribution in [1.82, 2.24) is 15.5 Å². The molecule has 23 heavy (non-hydrogen) atoms. The van der Waals surface area contributed by atoms with E-state index in [1.807, 2.05) is 24.3 Å². The van der Waals surface area contributed by atoms with Crippen molar-refractivity contribution in [2.45, 2.75) is 6.54 Å². The van der Waals surface area contributed by atoms with E-state index in [2.05, 4.69) is 15.5 Å². The fourth-order valence-corrected chi connectivity index (χ4v) is 2.30. The minimum Gasteiger partial charge on any atom is -0.497 e. The first-order valence-corrected chi connectivity index (χ1v) is 7.07. The molecule has 0 atom stereocenters. The Morgan fingerprint density at radius 1 is 1.13 bits per heavy atom. The van der Waals surface area contributed by atoms with Crippen molar-refractivity contribution >= 4 is 16.7 Å². The molecule has 6 nitrogen and oxygen atoms in total. The van der Waals surface area contributed by atoms with Gasteiger partial charge in [-0.05, 0) is 23.8 Å². The van der Waals surface area contributed by atoms with Gasteiger partial charge in [0.2, 0.25) is 0 Å². The molecule has 2 aromatic carbocycles. The summed E-state index contributed by atoms with van der Waals surface area (Å²) in [5.74, 6) is 0.418. The lowest BCUT2D eigenvalue weighted by molar-refractivity contribution is 0.0946. The summed E-state index contributed by atoms with van der Waals surface area (Å²) in [7, 11) is 1.60. The first-order chi connectivity index (χ1) is 11.2. The van der Waals surface area contributed by atoms with Crippen LogP contribution in [0.2, 0.25) is 0 Å². The summed E-state index contributed by atoms with van der Waals surface area (Å²) in [6.07, 6.45) is 0. The number of carbonyl (C=O) groups is 1. The third-order valence-corrected chi connectivity index (χ3v) is 3.52. The zero-order valence-corrected chi connectivity index (χ0v) is 12.5. The molecule has 0 fully saturated rings. The number of methoxy groups -OCH3 is 1. The quantitative estimate of drug-likeness (QED) is 0.770. The highest BCUT2D eigenvalue weighted by Gasteiger charge is 2.13. The predicted octanol–water partition coefficient (Wildman–Crippen LogP) is 1.86. The highest BCUT2D eigenvalue weighted by atomic mass is 16.5. The second kappa shape index (κ2) is 6.31. The maximum Gasteiger partial charge on any atom is 0.272 e. The molecule has 116 valence electrons. The van der Waals surface area contributed by atoms with Crippen LogP contribution in [0.15, 0.2) is 53.3 Å². The summed E-state index contributed by atoms with van der Waals surface area (Å²) < 4.78 is 5.09. The van der Waals surface area contributed by atoms with Crippen LogP contribution in [-0.4, -0.2) is 23.2 Å². The summed E-state index contributed by atoms with van der Waals surface area (Å²) in [6, 6.07) is 14.3. The molecule has 0 unspecified atom stereocenters. The van der Waals surface area contributed by atoms with Crippen LogP contribution in [0.3, 0.4) is 0 Å². The van der Waals surface area contributed by atoms with E-state index in [1.165, 1.54) is 0 Å². The number of benzene rings is 2. The molecule has 3 rings (SSSR count). The van der Waals surface area contributed by atoms with Crippen molar-refractivity contribution in [2.75, 3.05) is 7.11 Å². The Bertz CT molecular complexity index is 901. The average Bonchev–Trinajstić information content (AvgIpc) is 2.60. The third-order valence-electron chi connectivity index (χ3n) is 3.52. The van der Waals surface area contributed by atoms with E-state index >= 15 is 0 Å². The molecule has 0 radical (unpaired) electrons. The molecule has 3 aromatic rings. The van der Waals surface area contributed by atoms with Crippen molar-refractivity contribution in [3.05, 3.63) is 70.1 Å². The molecule has 0 saturated carbocycles. The number of ether oxygens (including phenoxy) is 1. The van der Waals surface area contributed by atoms with Gasteiger partial charge in [-0.2, -0.15) is 5.10 Å². The maximum absolute atomic E-state index is 12.3. The standard InChI is InChI=1S/C17H15N3O3/c1-23-12-8-6-11(7-9-12)10-18-17(22)15-13-4-2-3-5-14(13)16(21)20-19-15/h2-9H,10H2,1H3,(H,18,22)(H,20,21). The number of nitrogens with zero attached hydrogens (tertiary/aromatic N) is 1. The summed E-state index contributed by atoms with van der Waals surface area (Å²) in [5, 5.41) is 10.0. The van der Waals surface area contributed by atoms with E-state index in [4.69, 9.17) is 4.74 Å². The highest BCUT2D eigenvalue weighted by Crippen LogP contribution is 2.13. The smallest absolute Gasteiger partial charge is 0.272 e. The number of aromatic amines is 1. The molecule has 1 amide bonds. The second-order valence-corrected chi connectivity index (χ2v) is 4.98. The monoisotopic (exact) mass is 309 g/mol. The van der Waals surface area contributed by atoms with Crippen LogP contribution in [0.25, 0.3) is 10.8 Å². The molecule has 0 saturated heterocycles. The fourth-order valence-electron chi connectivity index (χ4n) is 2.30. The normalized spacial score (nSPS) is 10.5. The largest absolute Gasteiger partial charge is 0.497 e. The number of amides is 1. The van der Waals surface area contributed by atoms with Gasteiger partial charge in [-0.25, -0.2) is 5.10 Å². The number of rotatable bonds is 4. The Morgan fingerprint density at radius 2 is 1.83 bits per heavy atom. The Hall–Kier alpha value is -3.15. The van der Waals surface area contributed by atoms with Gasteiger partial charge >= 0.3 is 0 Å². The lowest BCUT2D eigenvalue weighted by Crippen LogP contribution is -2.26. The van der Waals surface area contributed by atoms with E-state index in [1.54, 1.807) is 31.4 Å². The van der Waals surface area contributed by atoms with Crippen LogP contribution in [0.5, 0.6) is 5.75 Å². The minimum absolute atomic E-state index is 0.203. The Morgan fingerprint density at radius 3 is 2.52 bits per heavy atom. The van der Waals surface area contributed by atoms with Gasteiger partial charge < -0.3 is 10.1 Å². The van der Waals surface area contributed by atoms with Gasteiger partial charge in [-0.15, -0.1) is 0 Å². The third kappa shape index (κ3) is 3.06. The Balaban J connectivity index is 1.81. The minimum atomic E-state index is -0.340. The predicted molar refractivity (Wildman–Crippen MR) is 86.5 cm³/mol. The Kier molecular flexibility index (Phi) is 4.05. The van der Waals surface area contributed by atoms with Crippen molar-refractivity contribution in [1.29, 1.82) is 0 Å². The van der Waals surface area contributed by atoms with Gasteiger partial charge in [-0.1, -0.05) is 30.3 Å². The van der Waals surface area contributed by atoms with Crippen LogP contribution in [0.4, 0.5) is 0 Å². The number of hydrogen-bond acceptors (Lipinski definition) is 4. The maximum atomic E-state index is 12.3. The van der Waals surface area contributed by atoms with Gasteiger partial charge in [0.1, 0.15) is 5.75 Å². The van der Waals surface area contributed by atoms with Gasteiger partial charge in [-0.3, -0.25) is 9.59 Å². The van der Waals surface area contributed by atoms with Crippen LogP contribution >= 0.6 is 0 Å². The Labute approximate surface area is 132 Å². The summed E-state index contributed by atoms with van der Waals surface area (Å²) in [5.41, 5.74) is 0.828. The van der Waals surface area contributed by atoms with Crippen LogP contribution in [-0.2, 0) is 6.54 Å². The van der Waals surface area contributed by atoms with E-state index in [-0.39, 0.29) is 17.2 Å². The molecule has 1 aromatic heterocycles. The number of nitrogens with one attached hydrogen (secondary N) is 2. The van der Waals surface area contributed by atoms with Gasteiger partial charge in [0.05, 0.1) is 12.5 Å². The molecular formula is C17H15N3O3. The van der Waals surface area contributed by atoms with Crippen molar-refractivity contribution in [2.24, 2.45) is 0 Å². The van der Waals surface area contributed by atoms with Crippen LogP contribution in [0, 0.1) is 0 Å². The molecule has 1 heterocycles. The van der Waals surface area contributed by atoms with Crippen LogP contribution in [0.1, 0.15) is 16.1 Å². The zero-order chi connectivity index (χ0) is 16.2. The van der Waals surface area contributed by atoms with Crippen LogP contribution < -0.4 is 15.6 Å². The zero-order valence-electron chi connectivity index (χ0n) is 12.5. The number of hydrogen-bond donors (Lipinski definition) is 2. The summed E-state index contributed by atoms with van der Waals surface area (Å²) in [4.78, 5) is 24.1. The topological polar surface area (TPSA) is 84.1 Å². The van der Waals surface area contributed by atoms with Gasteiger partial charge in [0.15, 0.2) is 5.69 Å². The summed E-state index contributed by atoms with van der Waals surface area (Å²) in [6.45, 7) is 0.359. The van der Waals surface area contributed by atoms with Crippen molar-refractivity contribution < 1.29 is 9.53 Å². The van der Waals surface area contributed by atoms with E-state index in [9.17, 15) is 9.59 Å². The van der Waals surface area contributed by atoms with E-state index in [0.717, 1.165) is 11.3 Å². The first-order valence-electron chi connectivity index (χ1n) is 7.07. The van der Waals surface area contributed by atoms with E-state index < -0.39 is 0 Å². The molecule has 0 aliphatic carbocycles. The number of fused-ring (bicyclic) bond motifs is 1. The van der Waals surface area contributed by atoms with Gasteiger partial charge in [0, 0.05) is 11.9 Å². The lowest BCUT2D eigenvalue weighted by atomic mass is 10.1. The van der Waals surface area contributed by atoms with Crippen molar-refractivity contribution in [3.8, 4) is 5.75 Å². The second-order valence-electron chi connectivity index (χ2n) is 4.98. The lowest BCUT2D eigenvalue weighted by Gasteiger charge is -2.07. The highest BCUT2D eigenvalue weighted by molar-refractivity contribution is 6.04. The molecule has 2 N–H and O–H groups in total. The molecule has 0 bridgehead atoms. The average molecular weight is 309 g/mol. The molecular weight excluding hydrogens is 294 g/mol. The van der Waals surface area contributed by atoms with E-state index in [0.29, 0.717) is 17.3 Å². The SMILES string of the molecule is COc1ccc(CNC(=O)c2n[nH]c(=O)c3ccccc23)cc1. The number of carbonyl (C=O) groups excluding carboxylic acids is 1. The summed E-state index contributed by atoms with van der Waals surface area (Å²) >= 11 is 0. The number of aromatic nitrogens is 2. The molecule has 0 aliphatic rings. The number of H-pyrrole nitrogens is 1. The fraction of sp³-hybridized carbons (Fsp3) is 0.118. The molecule has 0 spiro atoms. The van der Waals surface area contributed by atoms with Crippen molar-refractivity contribution in [3.63, 3.8) is 0 Å². The molecule has 0 aliphatic heterocycles.